The smallest absolute Gasteiger partial charge is 0.333 e. The lowest BCUT2D eigenvalue weighted by molar-refractivity contribution is 0.0936. The van der Waals surface area contributed by atoms with Crippen LogP contribution >= 0.6 is 0 Å². The quantitative estimate of drug-likeness (QED) is 0.637. The molecule has 0 bridgehead atoms. The molecule has 0 aliphatic rings. The highest BCUT2D eigenvalue weighted by Gasteiger charge is 2.10. The molecule has 0 atom stereocenters. The van der Waals surface area contributed by atoms with Gasteiger partial charge in [0.25, 0.3) is 5.91 Å². The average molecular weight is 337 g/mol. The van der Waals surface area contributed by atoms with Crippen LogP contribution in [0.15, 0.2) is 54.9 Å². The first-order valence-electron chi connectivity index (χ1n) is 8.00. The van der Waals surface area contributed by atoms with E-state index >= 15 is 0 Å². The van der Waals surface area contributed by atoms with Crippen molar-refractivity contribution in [2.45, 2.75) is 13.5 Å². The van der Waals surface area contributed by atoms with Gasteiger partial charge in [-0.3, -0.25) is 10.2 Å². The Hall–Kier alpha value is -3.35. The third kappa shape index (κ3) is 3.95. The van der Waals surface area contributed by atoms with E-state index in [1.165, 1.54) is 0 Å². The first-order valence-corrected chi connectivity index (χ1v) is 8.00. The monoisotopic (exact) mass is 337 g/mol. The second-order valence-electron chi connectivity index (χ2n) is 5.50. The van der Waals surface area contributed by atoms with Crippen molar-refractivity contribution in [3.05, 3.63) is 66.0 Å². The molecule has 7 heteroatoms. The summed E-state index contributed by atoms with van der Waals surface area (Å²) in [7, 11) is 0. The molecule has 3 amide bonds. The van der Waals surface area contributed by atoms with Gasteiger partial charge in [0.05, 0.1) is 17.4 Å². The van der Waals surface area contributed by atoms with E-state index in [4.69, 9.17) is 0 Å². The first-order chi connectivity index (χ1) is 12.2. The Morgan fingerprint density at radius 1 is 1.08 bits per heavy atom. The molecule has 3 N–H and O–H groups in total. The van der Waals surface area contributed by atoms with Gasteiger partial charge in [0.1, 0.15) is 0 Å². The van der Waals surface area contributed by atoms with E-state index in [0.29, 0.717) is 18.7 Å². The van der Waals surface area contributed by atoms with E-state index in [-0.39, 0.29) is 5.91 Å². The summed E-state index contributed by atoms with van der Waals surface area (Å²) in [5.74, 6) is -0.388. The summed E-state index contributed by atoms with van der Waals surface area (Å²) in [5, 5.41) is 2.54. The largest absolute Gasteiger partial charge is 0.337 e. The van der Waals surface area contributed by atoms with Crippen LogP contribution in [0.25, 0.3) is 11.0 Å². The molecule has 0 fully saturated rings. The molecular formula is C18H19N5O2. The fourth-order valence-corrected chi connectivity index (χ4v) is 2.49. The van der Waals surface area contributed by atoms with E-state index in [9.17, 15) is 9.59 Å². The van der Waals surface area contributed by atoms with E-state index in [1.54, 1.807) is 31.5 Å². The Balaban J connectivity index is 1.78. The topological polar surface area (TPSA) is 88.1 Å². The molecule has 0 aliphatic carbocycles. The van der Waals surface area contributed by atoms with Crippen LogP contribution in [0, 0.1) is 0 Å². The van der Waals surface area contributed by atoms with Crippen LogP contribution < -0.4 is 16.2 Å². The maximum absolute atomic E-state index is 12.2. The summed E-state index contributed by atoms with van der Waals surface area (Å²) in [6.07, 6.45) is 1.76. The number of imidazole rings is 1. The summed E-state index contributed by atoms with van der Waals surface area (Å²) in [6.45, 7) is 2.94. The van der Waals surface area contributed by atoms with Crippen molar-refractivity contribution in [2.75, 3.05) is 6.54 Å². The summed E-state index contributed by atoms with van der Waals surface area (Å²) >= 11 is 0. The van der Waals surface area contributed by atoms with Gasteiger partial charge in [-0.25, -0.2) is 15.2 Å². The van der Waals surface area contributed by atoms with Crippen molar-refractivity contribution < 1.29 is 9.59 Å². The average Bonchev–Trinajstić information content (AvgIpc) is 3.03. The molecule has 3 aromatic rings. The Morgan fingerprint density at radius 3 is 2.64 bits per heavy atom. The molecule has 0 radical (unpaired) electrons. The molecule has 3 rings (SSSR count). The van der Waals surface area contributed by atoms with Gasteiger partial charge in [-0.05, 0) is 30.7 Å². The minimum Gasteiger partial charge on any atom is -0.337 e. The third-order valence-corrected chi connectivity index (χ3v) is 3.71. The lowest BCUT2D eigenvalue weighted by Crippen LogP contribution is -2.46. The Morgan fingerprint density at radius 2 is 1.88 bits per heavy atom. The van der Waals surface area contributed by atoms with Crippen LogP contribution in [0.5, 0.6) is 0 Å². The summed E-state index contributed by atoms with van der Waals surface area (Å²) in [6, 6.07) is 14.8. The van der Waals surface area contributed by atoms with Crippen LogP contribution in [0.4, 0.5) is 4.79 Å². The van der Waals surface area contributed by atoms with Gasteiger partial charge in [0.15, 0.2) is 0 Å². The number of amides is 3. The molecule has 7 nitrogen and oxygen atoms in total. The number of hydrogen-bond donors (Lipinski definition) is 3. The van der Waals surface area contributed by atoms with Gasteiger partial charge in [-0.2, -0.15) is 0 Å². The number of urea groups is 1. The highest BCUT2D eigenvalue weighted by molar-refractivity contribution is 5.98. The molecule has 0 saturated carbocycles. The molecule has 1 aromatic heterocycles. The summed E-state index contributed by atoms with van der Waals surface area (Å²) < 4.78 is 1.98. The van der Waals surface area contributed by atoms with Gasteiger partial charge in [-0.15, -0.1) is 0 Å². The Bertz CT molecular complexity index is 889. The molecule has 0 aliphatic heterocycles. The van der Waals surface area contributed by atoms with Gasteiger partial charge < -0.3 is 9.88 Å². The number of aromatic nitrogens is 2. The van der Waals surface area contributed by atoms with Crippen molar-refractivity contribution >= 4 is 23.0 Å². The predicted octanol–water partition coefficient (Wildman–Crippen LogP) is 2.05. The Kier molecular flexibility index (Phi) is 4.94. The highest BCUT2D eigenvalue weighted by Crippen LogP contribution is 2.16. The number of carbonyl (C=O) groups excluding carboxylic acids is 2. The summed E-state index contributed by atoms with van der Waals surface area (Å²) in [4.78, 5) is 27.9. The van der Waals surface area contributed by atoms with E-state index < -0.39 is 6.03 Å². The minimum absolute atomic E-state index is 0.388. The van der Waals surface area contributed by atoms with E-state index in [0.717, 1.165) is 16.6 Å². The number of nitrogens with one attached hydrogen (secondary N) is 3. The van der Waals surface area contributed by atoms with Crippen molar-refractivity contribution in [1.29, 1.82) is 0 Å². The maximum Gasteiger partial charge on any atom is 0.333 e. The number of carbonyl (C=O) groups is 2. The molecule has 0 spiro atoms. The zero-order chi connectivity index (χ0) is 17.6. The molecular weight excluding hydrogens is 318 g/mol. The second-order valence-corrected chi connectivity index (χ2v) is 5.50. The van der Waals surface area contributed by atoms with E-state index in [2.05, 4.69) is 21.2 Å². The highest BCUT2D eigenvalue weighted by atomic mass is 16.2. The van der Waals surface area contributed by atoms with Crippen LogP contribution in [-0.2, 0) is 6.54 Å². The number of benzene rings is 2. The van der Waals surface area contributed by atoms with Gasteiger partial charge in [-0.1, -0.05) is 30.3 Å². The van der Waals surface area contributed by atoms with Gasteiger partial charge in [0.2, 0.25) is 0 Å². The maximum atomic E-state index is 12.2. The fourth-order valence-electron chi connectivity index (χ4n) is 2.49. The van der Waals surface area contributed by atoms with Crippen molar-refractivity contribution in [3.8, 4) is 0 Å². The Labute approximate surface area is 145 Å². The lowest BCUT2D eigenvalue weighted by Gasteiger charge is -2.09. The zero-order valence-electron chi connectivity index (χ0n) is 13.8. The molecule has 128 valence electrons. The molecule has 2 aromatic carbocycles. The number of hydrazine groups is 1. The predicted molar refractivity (Wildman–Crippen MR) is 95.0 cm³/mol. The molecule has 0 saturated heterocycles. The van der Waals surface area contributed by atoms with Crippen LogP contribution in [0.1, 0.15) is 22.8 Å². The first kappa shape index (κ1) is 16.5. The number of fused-ring (bicyclic) bond motifs is 1. The van der Waals surface area contributed by atoms with Crippen molar-refractivity contribution in [2.24, 2.45) is 0 Å². The van der Waals surface area contributed by atoms with Crippen LogP contribution in [0.2, 0.25) is 0 Å². The number of rotatable bonds is 4. The lowest BCUT2D eigenvalue weighted by atomic mass is 10.2. The molecule has 25 heavy (non-hydrogen) atoms. The van der Waals surface area contributed by atoms with E-state index in [1.807, 2.05) is 34.9 Å². The third-order valence-electron chi connectivity index (χ3n) is 3.71. The van der Waals surface area contributed by atoms with Gasteiger partial charge in [0, 0.05) is 18.7 Å². The number of hydrogen-bond acceptors (Lipinski definition) is 3. The number of nitrogens with zero attached hydrogens (tertiary/aromatic N) is 2. The van der Waals surface area contributed by atoms with Crippen molar-refractivity contribution in [3.63, 3.8) is 0 Å². The minimum atomic E-state index is -0.453. The second kappa shape index (κ2) is 7.48. The molecule has 1 heterocycles. The molecule has 0 unspecified atom stereocenters. The van der Waals surface area contributed by atoms with Gasteiger partial charge >= 0.3 is 6.03 Å². The summed E-state index contributed by atoms with van der Waals surface area (Å²) in [5.41, 5.74) is 7.94. The fraction of sp³-hybridized carbons (Fsp3) is 0.167. The van der Waals surface area contributed by atoms with Crippen LogP contribution in [0.3, 0.4) is 0 Å². The van der Waals surface area contributed by atoms with Crippen LogP contribution in [-0.4, -0.2) is 28.0 Å². The zero-order valence-corrected chi connectivity index (χ0v) is 13.8. The van der Waals surface area contributed by atoms with Crippen molar-refractivity contribution in [1.82, 2.24) is 25.7 Å². The SMILES string of the molecule is CCNC(=O)NNC(=O)c1ccc2ncn(Cc3ccccc3)c2c1. The standard InChI is InChI=1S/C18H19N5O2/c1-2-19-18(25)22-21-17(24)14-8-9-15-16(10-14)23(12-20-15)11-13-6-4-3-5-7-13/h3-10,12H,2,11H2,1H3,(H,21,24)(H2,19,22,25). The normalized spacial score (nSPS) is 10.4.